The molecule has 1 fully saturated rings. The van der Waals surface area contributed by atoms with Gasteiger partial charge in [0.05, 0.1) is 6.54 Å². The van der Waals surface area contributed by atoms with Gasteiger partial charge in [-0.1, -0.05) is 41.9 Å². The number of rotatable bonds is 8. The van der Waals surface area contributed by atoms with E-state index in [9.17, 15) is 4.79 Å². The van der Waals surface area contributed by atoms with Crippen molar-refractivity contribution in [2.45, 2.75) is 25.9 Å². The quantitative estimate of drug-likeness (QED) is 0.301. The number of nitrogens with zero attached hydrogens (tertiary/aromatic N) is 3. The van der Waals surface area contributed by atoms with Crippen LogP contribution in [0.3, 0.4) is 0 Å². The minimum atomic E-state index is 0. The Balaban J connectivity index is 0.00000341. The van der Waals surface area contributed by atoms with Crippen LogP contribution in [0.2, 0.25) is 5.02 Å². The van der Waals surface area contributed by atoms with Crippen molar-refractivity contribution in [2.24, 2.45) is 4.99 Å². The number of aliphatic imine (C=N–C) groups is 1. The lowest BCUT2D eigenvalue weighted by Gasteiger charge is -2.22. The zero-order valence-electron chi connectivity index (χ0n) is 18.0. The number of amides is 1. The van der Waals surface area contributed by atoms with Gasteiger partial charge in [0.25, 0.3) is 0 Å². The summed E-state index contributed by atoms with van der Waals surface area (Å²) >= 11 is 5.99. The first-order chi connectivity index (χ1) is 14.5. The monoisotopic (exact) mass is 556 g/mol. The largest absolute Gasteiger partial charge is 0.492 e. The number of benzene rings is 2. The molecule has 0 radical (unpaired) electrons. The normalized spacial score (nSPS) is 13.7. The Kier molecular flexibility index (Phi) is 10.4. The van der Waals surface area contributed by atoms with Crippen LogP contribution in [-0.4, -0.2) is 55.5 Å². The van der Waals surface area contributed by atoms with Crippen LogP contribution in [0.15, 0.2) is 53.5 Å². The maximum Gasteiger partial charge on any atom is 0.222 e. The summed E-state index contributed by atoms with van der Waals surface area (Å²) in [5.41, 5.74) is 2.31. The first-order valence-electron chi connectivity index (χ1n) is 10.2. The Morgan fingerprint density at radius 1 is 1.23 bits per heavy atom. The summed E-state index contributed by atoms with van der Waals surface area (Å²) in [4.78, 5) is 20.2. The van der Waals surface area contributed by atoms with Gasteiger partial charge in [-0.2, -0.15) is 0 Å². The molecular weight excluding hydrogens is 527 g/mol. The highest BCUT2D eigenvalue weighted by atomic mass is 127. The van der Waals surface area contributed by atoms with Crippen molar-refractivity contribution < 1.29 is 9.53 Å². The number of nitrogens with one attached hydrogen (secondary N) is 1. The third kappa shape index (κ3) is 7.88. The lowest BCUT2D eigenvalue weighted by Crippen LogP contribution is -2.40. The summed E-state index contributed by atoms with van der Waals surface area (Å²) < 4.78 is 5.76. The number of halogens is 2. The SMILES string of the molecule is CN=C(NCc1cccc(CN2CCCC2=O)c1)N(C)CCOc1cccc(Cl)c1.I. The fourth-order valence-electron chi connectivity index (χ4n) is 3.46. The highest BCUT2D eigenvalue weighted by molar-refractivity contribution is 14.0. The maximum absolute atomic E-state index is 11.9. The Hall–Kier alpha value is -2.00. The van der Waals surface area contributed by atoms with Crippen LogP contribution in [-0.2, 0) is 17.9 Å². The van der Waals surface area contributed by atoms with Crippen LogP contribution < -0.4 is 10.1 Å². The second-order valence-electron chi connectivity index (χ2n) is 7.37. The Morgan fingerprint density at radius 2 is 2.00 bits per heavy atom. The van der Waals surface area contributed by atoms with E-state index in [0.29, 0.717) is 37.7 Å². The summed E-state index contributed by atoms with van der Waals surface area (Å²) in [6, 6.07) is 15.7. The van der Waals surface area contributed by atoms with E-state index in [4.69, 9.17) is 16.3 Å². The van der Waals surface area contributed by atoms with Gasteiger partial charge in [0.1, 0.15) is 12.4 Å². The highest BCUT2D eigenvalue weighted by Gasteiger charge is 2.19. The van der Waals surface area contributed by atoms with Gasteiger partial charge < -0.3 is 19.9 Å². The molecule has 8 heteroatoms. The average molecular weight is 557 g/mol. The van der Waals surface area contributed by atoms with Crippen molar-refractivity contribution in [1.82, 2.24) is 15.1 Å². The third-order valence-corrected chi connectivity index (χ3v) is 5.29. The van der Waals surface area contributed by atoms with Crippen molar-refractivity contribution in [1.29, 1.82) is 0 Å². The molecule has 2 aromatic carbocycles. The summed E-state index contributed by atoms with van der Waals surface area (Å²) in [5.74, 6) is 1.80. The van der Waals surface area contributed by atoms with Gasteiger partial charge >= 0.3 is 0 Å². The van der Waals surface area contributed by atoms with Gasteiger partial charge in [0.15, 0.2) is 5.96 Å². The fourth-order valence-corrected chi connectivity index (χ4v) is 3.64. The molecule has 3 rings (SSSR count). The van der Waals surface area contributed by atoms with Crippen molar-refractivity contribution in [2.75, 3.05) is 33.8 Å². The number of likely N-dealkylation sites (N-methyl/N-ethyl adjacent to an activating group) is 1. The van der Waals surface area contributed by atoms with Crippen LogP contribution in [0, 0.1) is 0 Å². The fraction of sp³-hybridized carbons (Fsp3) is 0.391. The van der Waals surface area contributed by atoms with Crippen LogP contribution in [0.1, 0.15) is 24.0 Å². The molecule has 6 nitrogen and oxygen atoms in total. The van der Waals surface area contributed by atoms with E-state index in [2.05, 4.69) is 28.5 Å². The van der Waals surface area contributed by atoms with Crippen molar-refractivity contribution >= 4 is 47.4 Å². The molecule has 1 N–H and O–H groups in total. The average Bonchev–Trinajstić information content (AvgIpc) is 3.13. The number of ether oxygens (including phenoxy) is 1. The van der Waals surface area contributed by atoms with Crippen molar-refractivity contribution in [3.05, 3.63) is 64.7 Å². The van der Waals surface area contributed by atoms with Gasteiger partial charge in [0, 0.05) is 45.2 Å². The number of carbonyl (C=O) groups is 1. The first-order valence-corrected chi connectivity index (χ1v) is 10.6. The second-order valence-corrected chi connectivity index (χ2v) is 7.80. The minimum Gasteiger partial charge on any atom is -0.492 e. The molecule has 0 aromatic heterocycles. The molecule has 0 saturated carbocycles. The molecule has 31 heavy (non-hydrogen) atoms. The molecule has 0 aliphatic carbocycles. The van der Waals surface area contributed by atoms with E-state index >= 15 is 0 Å². The molecule has 0 bridgehead atoms. The van der Waals surface area contributed by atoms with Gasteiger partial charge in [0.2, 0.25) is 5.91 Å². The number of hydrogen-bond acceptors (Lipinski definition) is 3. The predicted octanol–water partition coefficient (Wildman–Crippen LogP) is 4.17. The minimum absolute atomic E-state index is 0. The Bertz CT molecular complexity index is 893. The summed E-state index contributed by atoms with van der Waals surface area (Å²) in [7, 11) is 3.75. The summed E-state index contributed by atoms with van der Waals surface area (Å²) in [6.07, 6.45) is 1.63. The highest BCUT2D eigenvalue weighted by Crippen LogP contribution is 2.17. The summed E-state index contributed by atoms with van der Waals surface area (Å²) in [6.45, 7) is 3.41. The second kappa shape index (κ2) is 12.8. The van der Waals surface area contributed by atoms with Gasteiger partial charge in [-0.15, -0.1) is 24.0 Å². The smallest absolute Gasteiger partial charge is 0.222 e. The molecule has 1 aliphatic heterocycles. The van der Waals surface area contributed by atoms with Crippen LogP contribution in [0.4, 0.5) is 0 Å². The molecule has 168 valence electrons. The molecule has 1 heterocycles. The lowest BCUT2D eigenvalue weighted by atomic mass is 10.1. The van der Waals surface area contributed by atoms with Gasteiger partial charge in [-0.3, -0.25) is 9.79 Å². The van der Waals surface area contributed by atoms with E-state index < -0.39 is 0 Å². The number of guanidine groups is 1. The zero-order chi connectivity index (χ0) is 21.3. The Labute approximate surface area is 206 Å². The molecule has 2 aromatic rings. The first kappa shape index (κ1) is 25.3. The number of likely N-dealkylation sites (tertiary alicyclic amines) is 1. The van der Waals surface area contributed by atoms with E-state index in [1.807, 2.05) is 41.1 Å². The van der Waals surface area contributed by atoms with E-state index in [1.54, 1.807) is 13.1 Å². The third-order valence-electron chi connectivity index (χ3n) is 5.05. The topological polar surface area (TPSA) is 57.2 Å². The van der Waals surface area contributed by atoms with Crippen LogP contribution >= 0.6 is 35.6 Å². The molecule has 1 amide bonds. The Morgan fingerprint density at radius 3 is 2.71 bits per heavy atom. The molecule has 1 saturated heterocycles. The predicted molar refractivity (Wildman–Crippen MR) is 136 cm³/mol. The van der Waals surface area contributed by atoms with Crippen molar-refractivity contribution in [3.63, 3.8) is 0 Å². The molecular formula is C23H30ClIN4O2. The maximum atomic E-state index is 11.9. The molecule has 0 unspecified atom stereocenters. The van der Waals surface area contributed by atoms with E-state index in [-0.39, 0.29) is 29.9 Å². The zero-order valence-corrected chi connectivity index (χ0v) is 21.1. The number of carbonyl (C=O) groups excluding carboxylic acids is 1. The van der Waals surface area contributed by atoms with Gasteiger partial charge in [-0.05, 0) is 35.7 Å². The molecule has 0 atom stereocenters. The molecule has 0 spiro atoms. The van der Waals surface area contributed by atoms with Crippen LogP contribution in [0.5, 0.6) is 5.75 Å². The van der Waals surface area contributed by atoms with Crippen molar-refractivity contribution in [3.8, 4) is 5.75 Å². The molecule has 1 aliphatic rings. The summed E-state index contributed by atoms with van der Waals surface area (Å²) in [5, 5.41) is 4.05. The van der Waals surface area contributed by atoms with E-state index in [1.165, 1.54) is 0 Å². The standard InChI is InChI=1S/C23H29ClN4O2.HI/c1-25-23(27(2)12-13-30-21-9-4-8-20(24)15-21)26-16-18-6-3-7-19(14-18)17-28-11-5-10-22(28)29;/h3-4,6-9,14-15H,5,10-13,16-17H2,1-2H3,(H,25,26);1H. The number of hydrogen-bond donors (Lipinski definition) is 1. The lowest BCUT2D eigenvalue weighted by molar-refractivity contribution is -0.128. The van der Waals surface area contributed by atoms with Gasteiger partial charge in [-0.25, -0.2) is 0 Å². The van der Waals surface area contributed by atoms with E-state index in [0.717, 1.165) is 35.8 Å². The van der Waals surface area contributed by atoms with Crippen LogP contribution in [0.25, 0.3) is 0 Å².